The molecule has 2 N–H and O–H groups in total. The molecule has 1 aliphatic heterocycles. The van der Waals surface area contributed by atoms with Crippen LogP contribution in [0.15, 0.2) is 60.0 Å². The van der Waals surface area contributed by atoms with Crippen LogP contribution in [0.1, 0.15) is 28.8 Å². The smallest absolute Gasteiger partial charge is 0.319 e. The summed E-state index contributed by atoms with van der Waals surface area (Å²) in [5.41, 5.74) is 1.92. The van der Waals surface area contributed by atoms with Gasteiger partial charge in [0.05, 0.1) is 0 Å². The number of carbonyl (C=O) groups is 2. The van der Waals surface area contributed by atoms with E-state index in [0.29, 0.717) is 24.3 Å². The molecule has 0 atom stereocenters. The summed E-state index contributed by atoms with van der Waals surface area (Å²) in [6.07, 6.45) is 3.60. The molecule has 1 saturated carbocycles. The first kappa shape index (κ1) is 22.0. The van der Waals surface area contributed by atoms with Crippen molar-refractivity contribution in [1.82, 2.24) is 14.5 Å². The lowest BCUT2D eigenvalue weighted by atomic mass is 10.1. The summed E-state index contributed by atoms with van der Waals surface area (Å²) in [6, 6.07) is 16.0. The number of hydrogen-bond donors (Lipinski definition) is 2. The van der Waals surface area contributed by atoms with Crippen LogP contribution in [-0.4, -0.2) is 61.8 Å². The predicted molar refractivity (Wildman–Crippen MR) is 123 cm³/mol. The largest absolute Gasteiger partial charge is 0.336 e. The summed E-state index contributed by atoms with van der Waals surface area (Å²) in [5.74, 6) is -0.157. The number of piperazine rings is 1. The molecule has 1 saturated heterocycles. The van der Waals surface area contributed by atoms with Gasteiger partial charge < -0.3 is 15.5 Å². The van der Waals surface area contributed by atoms with Gasteiger partial charge >= 0.3 is 6.03 Å². The molecule has 2 aromatic rings. The van der Waals surface area contributed by atoms with E-state index >= 15 is 0 Å². The van der Waals surface area contributed by atoms with E-state index in [0.717, 1.165) is 18.4 Å². The second-order valence-electron chi connectivity index (χ2n) is 7.90. The number of anilines is 1. The quantitative estimate of drug-likeness (QED) is 0.701. The molecule has 0 spiro atoms. The zero-order chi connectivity index (χ0) is 22.6. The maximum Gasteiger partial charge on any atom is 0.319 e. The van der Waals surface area contributed by atoms with Crippen LogP contribution in [0.5, 0.6) is 0 Å². The van der Waals surface area contributed by atoms with Gasteiger partial charge in [-0.25, -0.2) is 13.2 Å². The molecule has 3 amide bonds. The van der Waals surface area contributed by atoms with Crippen molar-refractivity contribution in [3.63, 3.8) is 0 Å². The van der Waals surface area contributed by atoms with Gasteiger partial charge in [0.25, 0.3) is 5.91 Å². The zero-order valence-electron chi connectivity index (χ0n) is 17.6. The van der Waals surface area contributed by atoms with Crippen LogP contribution in [0.2, 0.25) is 0 Å². The molecule has 0 aromatic heterocycles. The molecule has 4 rings (SSSR count). The van der Waals surface area contributed by atoms with Crippen molar-refractivity contribution in [3.8, 4) is 0 Å². The monoisotopic (exact) mass is 454 g/mol. The minimum atomic E-state index is -3.55. The number of rotatable bonds is 6. The average Bonchev–Trinajstić information content (AvgIpc) is 3.62. The van der Waals surface area contributed by atoms with Crippen molar-refractivity contribution in [2.75, 3.05) is 31.5 Å². The molecule has 32 heavy (non-hydrogen) atoms. The van der Waals surface area contributed by atoms with Crippen molar-refractivity contribution >= 4 is 33.7 Å². The molecule has 1 heterocycles. The summed E-state index contributed by atoms with van der Waals surface area (Å²) in [6.45, 7) is 1.13. The van der Waals surface area contributed by atoms with Gasteiger partial charge in [-0.1, -0.05) is 30.3 Å². The first-order chi connectivity index (χ1) is 15.4. The number of sulfonamides is 1. The van der Waals surface area contributed by atoms with E-state index in [9.17, 15) is 18.0 Å². The fourth-order valence-corrected chi connectivity index (χ4v) is 4.59. The molecule has 1 aliphatic carbocycles. The molecular weight excluding hydrogens is 428 g/mol. The van der Waals surface area contributed by atoms with E-state index in [4.69, 9.17) is 0 Å². The SMILES string of the molecule is O=C(Nc1ccc(C(=O)N2CCN(S(=O)(=O)/C=C/c3ccccc3)CC2)cc1)NC1CC1. The Labute approximate surface area is 188 Å². The maximum atomic E-state index is 12.8. The molecule has 2 fully saturated rings. The number of amides is 3. The lowest BCUT2D eigenvalue weighted by Crippen LogP contribution is -2.50. The summed E-state index contributed by atoms with van der Waals surface area (Å²) >= 11 is 0. The summed E-state index contributed by atoms with van der Waals surface area (Å²) in [5, 5.41) is 6.81. The van der Waals surface area contributed by atoms with Gasteiger partial charge in [-0.05, 0) is 48.7 Å². The molecule has 8 nitrogen and oxygen atoms in total. The van der Waals surface area contributed by atoms with Gasteiger partial charge in [-0.15, -0.1) is 0 Å². The van der Waals surface area contributed by atoms with Crippen LogP contribution in [0.3, 0.4) is 0 Å². The number of nitrogens with one attached hydrogen (secondary N) is 2. The summed E-state index contributed by atoms with van der Waals surface area (Å²) in [4.78, 5) is 26.3. The first-order valence-corrected chi connectivity index (χ1v) is 12.1. The summed E-state index contributed by atoms with van der Waals surface area (Å²) in [7, 11) is -3.55. The van der Waals surface area contributed by atoms with Gasteiger partial charge in [-0.2, -0.15) is 4.31 Å². The minimum absolute atomic E-state index is 0.157. The number of hydrogen-bond acceptors (Lipinski definition) is 4. The van der Waals surface area contributed by atoms with Crippen LogP contribution >= 0.6 is 0 Å². The maximum absolute atomic E-state index is 12.8. The Balaban J connectivity index is 1.30. The van der Waals surface area contributed by atoms with Crippen LogP contribution in [-0.2, 0) is 10.0 Å². The van der Waals surface area contributed by atoms with Crippen molar-refractivity contribution in [1.29, 1.82) is 0 Å². The van der Waals surface area contributed by atoms with Crippen LogP contribution in [0.4, 0.5) is 10.5 Å². The number of urea groups is 1. The van der Waals surface area contributed by atoms with Gasteiger partial charge in [0.15, 0.2) is 0 Å². The second-order valence-corrected chi connectivity index (χ2v) is 9.72. The lowest BCUT2D eigenvalue weighted by Gasteiger charge is -2.33. The standard InChI is InChI=1S/C23H26N4O4S/c28-22(19-6-8-20(9-7-19)24-23(29)25-21-10-11-21)26-13-15-27(16-14-26)32(30,31)17-12-18-4-2-1-3-5-18/h1-9,12,17,21H,10-11,13-16H2,(H2,24,25,29)/b17-12+. The van der Waals surface area contributed by atoms with E-state index in [1.165, 1.54) is 9.71 Å². The molecule has 168 valence electrons. The Kier molecular flexibility index (Phi) is 6.57. The highest BCUT2D eigenvalue weighted by atomic mass is 32.2. The number of nitrogens with zero attached hydrogens (tertiary/aromatic N) is 2. The van der Waals surface area contributed by atoms with Crippen LogP contribution < -0.4 is 10.6 Å². The Hall–Kier alpha value is -3.17. The van der Waals surface area contributed by atoms with Crippen LogP contribution in [0.25, 0.3) is 6.08 Å². The topological polar surface area (TPSA) is 98.8 Å². The Morgan fingerprint density at radius 3 is 2.19 bits per heavy atom. The van der Waals surface area contributed by atoms with Gasteiger partial charge in [0, 0.05) is 48.9 Å². The summed E-state index contributed by atoms with van der Waals surface area (Å²) < 4.78 is 26.6. The molecule has 0 bridgehead atoms. The van der Waals surface area contributed by atoms with Gasteiger partial charge in [-0.3, -0.25) is 4.79 Å². The predicted octanol–water partition coefficient (Wildman–Crippen LogP) is 2.73. The number of carbonyl (C=O) groups excluding carboxylic acids is 2. The van der Waals surface area contributed by atoms with Gasteiger partial charge in [0.2, 0.25) is 10.0 Å². The molecule has 2 aliphatic rings. The van der Waals surface area contributed by atoms with Crippen molar-refractivity contribution < 1.29 is 18.0 Å². The fraction of sp³-hybridized carbons (Fsp3) is 0.304. The van der Waals surface area contributed by atoms with Gasteiger partial charge in [0.1, 0.15) is 0 Å². The first-order valence-electron chi connectivity index (χ1n) is 10.6. The Morgan fingerprint density at radius 2 is 1.56 bits per heavy atom. The Morgan fingerprint density at radius 1 is 0.906 bits per heavy atom. The molecule has 9 heteroatoms. The lowest BCUT2D eigenvalue weighted by molar-refractivity contribution is 0.0698. The highest BCUT2D eigenvalue weighted by Gasteiger charge is 2.28. The zero-order valence-corrected chi connectivity index (χ0v) is 18.4. The molecular formula is C23H26N4O4S. The fourth-order valence-electron chi connectivity index (χ4n) is 3.42. The average molecular weight is 455 g/mol. The highest BCUT2D eigenvalue weighted by molar-refractivity contribution is 7.92. The van der Waals surface area contributed by atoms with E-state index in [2.05, 4.69) is 10.6 Å². The van der Waals surface area contributed by atoms with Crippen molar-refractivity contribution in [2.45, 2.75) is 18.9 Å². The molecule has 0 unspecified atom stereocenters. The third kappa shape index (κ3) is 5.74. The van der Waals surface area contributed by atoms with Crippen molar-refractivity contribution in [3.05, 3.63) is 71.1 Å². The highest BCUT2D eigenvalue weighted by Crippen LogP contribution is 2.19. The van der Waals surface area contributed by atoms with E-state index in [1.807, 2.05) is 30.3 Å². The third-order valence-electron chi connectivity index (χ3n) is 5.42. The normalized spacial score (nSPS) is 17.3. The van der Waals surface area contributed by atoms with E-state index in [1.54, 1.807) is 35.2 Å². The second kappa shape index (κ2) is 9.54. The van der Waals surface area contributed by atoms with Crippen molar-refractivity contribution in [2.24, 2.45) is 0 Å². The molecule has 0 radical (unpaired) electrons. The van der Waals surface area contributed by atoms with Crippen LogP contribution in [0, 0.1) is 0 Å². The number of benzene rings is 2. The van der Waals surface area contributed by atoms with E-state index < -0.39 is 10.0 Å². The Bertz CT molecular complexity index is 1090. The third-order valence-corrected chi connectivity index (χ3v) is 6.99. The minimum Gasteiger partial charge on any atom is -0.336 e. The van der Waals surface area contributed by atoms with E-state index in [-0.39, 0.29) is 31.1 Å². The molecule has 2 aromatic carbocycles.